The van der Waals surface area contributed by atoms with Gasteiger partial charge in [0.05, 0.1) is 38.6 Å². The number of amides is 1. The van der Waals surface area contributed by atoms with Crippen LogP contribution in [0.4, 0.5) is 8.78 Å². The SMILES string of the molecule is COC(=O)C1=C(CN2CCOCC2=O)NC(c2ncc(F)cc2F)=NC1. The first-order valence-electron chi connectivity index (χ1n) is 7.78. The van der Waals surface area contributed by atoms with E-state index in [9.17, 15) is 18.4 Å². The lowest BCUT2D eigenvalue weighted by Gasteiger charge is -2.30. The first kappa shape index (κ1) is 17.9. The van der Waals surface area contributed by atoms with E-state index in [1.165, 1.54) is 12.0 Å². The van der Waals surface area contributed by atoms with Gasteiger partial charge in [-0.2, -0.15) is 0 Å². The fraction of sp³-hybridized carbons (Fsp3) is 0.375. The molecule has 1 aromatic rings. The lowest BCUT2D eigenvalue weighted by Crippen LogP contribution is -2.46. The van der Waals surface area contributed by atoms with E-state index >= 15 is 0 Å². The molecule has 0 unspecified atom stereocenters. The number of aliphatic imine (C=N–C) groups is 1. The molecule has 2 aliphatic heterocycles. The van der Waals surface area contributed by atoms with Crippen LogP contribution in [-0.2, 0) is 19.1 Å². The van der Waals surface area contributed by atoms with Crippen molar-refractivity contribution in [3.63, 3.8) is 0 Å². The van der Waals surface area contributed by atoms with Crippen LogP contribution in [0.15, 0.2) is 28.5 Å². The molecular formula is C16H16F2N4O4. The van der Waals surface area contributed by atoms with Gasteiger partial charge in [-0.05, 0) is 0 Å². The molecule has 0 radical (unpaired) electrons. The quantitative estimate of drug-likeness (QED) is 0.754. The molecule has 0 saturated carbocycles. The van der Waals surface area contributed by atoms with Crippen molar-refractivity contribution in [1.82, 2.24) is 15.2 Å². The normalized spacial score (nSPS) is 17.7. The van der Waals surface area contributed by atoms with Gasteiger partial charge in [-0.25, -0.2) is 18.6 Å². The molecule has 2 aliphatic rings. The highest BCUT2D eigenvalue weighted by molar-refractivity contribution is 6.02. The fourth-order valence-corrected chi connectivity index (χ4v) is 2.59. The highest BCUT2D eigenvalue weighted by atomic mass is 19.1. The van der Waals surface area contributed by atoms with E-state index in [1.54, 1.807) is 0 Å². The minimum atomic E-state index is -0.889. The van der Waals surface area contributed by atoms with E-state index < -0.39 is 17.6 Å². The molecule has 0 spiro atoms. The smallest absolute Gasteiger partial charge is 0.337 e. The first-order chi connectivity index (χ1) is 12.5. The van der Waals surface area contributed by atoms with E-state index in [2.05, 4.69) is 15.3 Å². The number of ether oxygens (including phenoxy) is 2. The highest BCUT2D eigenvalue weighted by Crippen LogP contribution is 2.16. The molecule has 0 bridgehead atoms. The van der Waals surface area contributed by atoms with Gasteiger partial charge in [-0.1, -0.05) is 0 Å². The fourth-order valence-electron chi connectivity index (χ4n) is 2.59. The second kappa shape index (κ2) is 7.56. The van der Waals surface area contributed by atoms with Gasteiger partial charge >= 0.3 is 5.97 Å². The lowest BCUT2D eigenvalue weighted by atomic mass is 10.1. The number of rotatable bonds is 4. The number of carbonyl (C=O) groups excluding carboxylic acids is 2. The van der Waals surface area contributed by atoms with Gasteiger partial charge < -0.3 is 19.7 Å². The second-order valence-electron chi connectivity index (χ2n) is 5.59. The van der Waals surface area contributed by atoms with Crippen molar-refractivity contribution in [2.75, 3.05) is 40.0 Å². The number of methoxy groups -OCH3 is 1. The molecule has 3 rings (SSSR count). The predicted molar refractivity (Wildman–Crippen MR) is 85.1 cm³/mol. The van der Waals surface area contributed by atoms with E-state index in [0.29, 0.717) is 24.9 Å². The van der Waals surface area contributed by atoms with E-state index in [1.807, 2.05) is 0 Å². The van der Waals surface area contributed by atoms with Crippen LogP contribution in [0, 0.1) is 11.6 Å². The molecule has 1 saturated heterocycles. The average Bonchev–Trinajstić information content (AvgIpc) is 2.63. The molecule has 0 atom stereocenters. The number of carbonyl (C=O) groups is 2. The van der Waals surface area contributed by atoms with Crippen molar-refractivity contribution in [2.45, 2.75) is 0 Å². The van der Waals surface area contributed by atoms with Gasteiger partial charge in [0.2, 0.25) is 5.91 Å². The Hall–Kier alpha value is -2.88. The predicted octanol–water partition coefficient (Wildman–Crippen LogP) is -0.00450. The van der Waals surface area contributed by atoms with Crippen LogP contribution in [0.5, 0.6) is 0 Å². The number of morpholine rings is 1. The summed E-state index contributed by atoms with van der Waals surface area (Å²) in [4.78, 5) is 33.3. The van der Waals surface area contributed by atoms with Crippen molar-refractivity contribution in [3.8, 4) is 0 Å². The van der Waals surface area contributed by atoms with Crippen molar-refractivity contribution in [3.05, 3.63) is 40.9 Å². The summed E-state index contributed by atoms with van der Waals surface area (Å²) in [5.74, 6) is -2.49. The molecule has 8 nitrogen and oxygen atoms in total. The zero-order valence-electron chi connectivity index (χ0n) is 13.9. The molecule has 0 aromatic carbocycles. The molecule has 1 fully saturated rings. The molecule has 1 aromatic heterocycles. The Morgan fingerprint density at radius 3 is 2.96 bits per heavy atom. The van der Waals surface area contributed by atoms with Gasteiger partial charge in [-0.3, -0.25) is 9.79 Å². The summed E-state index contributed by atoms with van der Waals surface area (Å²) in [5.41, 5.74) is 0.391. The Morgan fingerprint density at radius 2 is 2.27 bits per heavy atom. The number of esters is 1. The van der Waals surface area contributed by atoms with Crippen molar-refractivity contribution in [1.29, 1.82) is 0 Å². The third-order valence-electron chi connectivity index (χ3n) is 3.93. The topological polar surface area (TPSA) is 93.1 Å². The van der Waals surface area contributed by atoms with Gasteiger partial charge in [0, 0.05) is 18.3 Å². The van der Waals surface area contributed by atoms with Gasteiger partial charge in [0.1, 0.15) is 18.1 Å². The Morgan fingerprint density at radius 1 is 1.46 bits per heavy atom. The minimum absolute atomic E-state index is 0.0457. The van der Waals surface area contributed by atoms with Crippen LogP contribution < -0.4 is 5.32 Å². The largest absolute Gasteiger partial charge is 0.466 e. The van der Waals surface area contributed by atoms with E-state index in [4.69, 9.17) is 9.47 Å². The number of pyridine rings is 1. The zero-order valence-corrected chi connectivity index (χ0v) is 13.9. The molecule has 3 heterocycles. The zero-order chi connectivity index (χ0) is 18.7. The standard InChI is InChI=1S/C16H16F2N4O4/c1-25-16(24)10-6-20-15(14-11(18)4-9(17)5-19-14)21-12(10)7-22-2-3-26-8-13(22)23/h4-5H,2-3,6-8H2,1H3,(H,20,21). The molecular weight excluding hydrogens is 350 g/mol. The molecule has 1 amide bonds. The maximum Gasteiger partial charge on any atom is 0.337 e. The summed E-state index contributed by atoms with van der Waals surface area (Å²) in [5, 5.41) is 2.83. The Balaban J connectivity index is 1.87. The number of nitrogens with one attached hydrogen (secondary N) is 1. The first-order valence-corrected chi connectivity index (χ1v) is 7.78. The maximum absolute atomic E-state index is 14.0. The third-order valence-corrected chi connectivity index (χ3v) is 3.93. The second-order valence-corrected chi connectivity index (χ2v) is 5.59. The summed E-state index contributed by atoms with van der Waals surface area (Å²) in [6.45, 7) is 0.682. The molecule has 0 aliphatic carbocycles. The monoisotopic (exact) mass is 366 g/mol. The van der Waals surface area contributed by atoms with Crippen LogP contribution in [-0.4, -0.2) is 67.6 Å². The molecule has 10 heteroatoms. The number of halogens is 2. The Labute approximate surface area is 147 Å². The minimum Gasteiger partial charge on any atom is -0.466 e. The van der Waals surface area contributed by atoms with E-state index in [0.717, 1.165) is 6.20 Å². The Bertz CT molecular complexity index is 809. The van der Waals surface area contributed by atoms with Crippen LogP contribution in [0.3, 0.4) is 0 Å². The highest BCUT2D eigenvalue weighted by Gasteiger charge is 2.28. The third kappa shape index (κ3) is 3.69. The van der Waals surface area contributed by atoms with E-state index in [-0.39, 0.29) is 42.7 Å². The summed E-state index contributed by atoms with van der Waals surface area (Å²) in [6.07, 6.45) is 0.868. The van der Waals surface area contributed by atoms with Crippen LogP contribution in [0.25, 0.3) is 0 Å². The van der Waals surface area contributed by atoms with Crippen molar-refractivity contribution in [2.24, 2.45) is 4.99 Å². The number of hydrogen-bond acceptors (Lipinski definition) is 7. The van der Waals surface area contributed by atoms with Crippen molar-refractivity contribution >= 4 is 17.7 Å². The number of aromatic nitrogens is 1. The number of amidine groups is 1. The lowest BCUT2D eigenvalue weighted by molar-refractivity contribution is -0.142. The molecule has 138 valence electrons. The van der Waals surface area contributed by atoms with Gasteiger partial charge in [0.25, 0.3) is 0 Å². The summed E-state index contributed by atoms with van der Waals surface area (Å²) < 4.78 is 36.9. The summed E-state index contributed by atoms with van der Waals surface area (Å²) in [6, 6.07) is 0.692. The van der Waals surface area contributed by atoms with Gasteiger partial charge in [0.15, 0.2) is 11.7 Å². The molecule has 1 N–H and O–H groups in total. The average molecular weight is 366 g/mol. The summed E-state index contributed by atoms with van der Waals surface area (Å²) in [7, 11) is 1.23. The van der Waals surface area contributed by atoms with Crippen molar-refractivity contribution < 1.29 is 27.8 Å². The molecule has 26 heavy (non-hydrogen) atoms. The van der Waals surface area contributed by atoms with Gasteiger partial charge in [-0.15, -0.1) is 0 Å². The van der Waals surface area contributed by atoms with Crippen LogP contribution >= 0.6 is 0 Å². The van der Waals surface area contributed by atoms with Crippen LogP contribution in [0.1, 0.15) is 5.69 Å². The Kier molecular flexibility index (Phi) is 5.21. The maximum atomic E-state index is 14.0. The number of nitrogens with zero attached hydrogens (tertiary/aromatic N) is 3. The van der Waals surface area contributed by atoms with Crippen LogP contribution in [0.2, 0.25) is 0 Å². The summed E-state index contributed by atoms with van der Waals surface area (Å²) >= 11 is 0. The number of hydrogen-bond donors (Lipinski definition) is 1.